The van der Waals surface area contributed by atoms with E-state index in [0.717, 1.165) is 0 Å². The highest BCUT2D eigenvalue weighted by Gasteiger charge is 2.50. The average Bonchev–Trinajstić information content (AvgIpc) is 2.77. The summed E-state index contributed by atoms with van der Waals surface area (Å²) in [4.78, 5) is 0. The molecular weight excluding hydrogens is 386 g/mol. The van der Waals surface area contributed by atoms with E-state index in [9.17, 15) is 5.11 Å². The van der Waals surface area contributed by atoms with E-state index in [0.29, 0.717) is 13.2 Å². The topological polar surface area (TPSA) is 41.5 Å². The first-order valence-electron chi connectivity index (χ1n) is 10.6. The van der Waals surface area contributed by atoms with Gasteiger partial charge in [0.15, 0.2) is 0 Å². The third-order valence-electron chi connectivity index (χ3n) is 5.58. The molecule has 3 aromatic carbocycles. The van der Waals surface area contributed by atoms with Gasteiger partial charge in [-0.25, -0.2) is 0 Å². The molecule has 0 spiro atoms. The molecule has 0 aliphatic carbocycles. The first kappa shape index (κ1) is 22.4. The van der Waals surface area contributed by atoms with Crippen molar-refractivity contribution in [3.63, 3.8) is 0 Å². The van der Waals surface area contributed by atoms with Gasteiger partial charge in [0, 0.05) is 6.54 Å². The van der Waals surface area contributed by atoms with Crippen LogP contribution in [0.2, 0.25) is 5.04 Å². The van der Waals surface area contributed by atoms with Crippen LogP contribution in [0.1, 0.15) is 26.3 Å². The van der Waals surface area contributed by atoms with Crippen molar-refractivity contribution in [3.8, 4) is 0 Å². The number of hydrogen-bond donors (Lipinski definition) is 2. The molecule has 0 fully saturated rings. The Labute approximate surface area is 181 Å². The van der Waals surface area contributed by atoms with Crippen molar-refractivity contribution < 1.29 is 9.53 Å². The second-order valence-electron chi connectivity index (χ2n) is 8.72. The minimum Gasteiger partial charge on any atom is -0.406 e. The lowest BCUT2D eigenvalue weighted by molar-refractivity contribution is 0.176. The van der Waals surface area contributed by atoms with Gasteiger partial charge in [0.25, 0.3) is 8.32 Å². The monoisotopic (exact) mass is 419 g/mol. The molecule has 0 heterocycles. The standard InChI is InChI=1S/C26H33NO2Si/c1-26(2,3)30(24-15-9-5-10-16-24,25-17-11-6-12-18-25)29-21-23(20-28)27-19-22-13-7-4-8-14-22/h4-18,23,27-28H,19-21H2,1-3H3/t23-/m0/s1. The van der Waals surface area contributed by atoms with E-state index in [1.54, 1.807) is 0 Å². The molecule has 3 rings (SSSR count). The van der Waals surface area contributed by atoms with Gasteiger partial charge in [-0.2, -0.15) is 0 Å². The molecule has 0 radical (unpaired) electrons. The van der Waals surface area contributed by atoms with Gasteiger partial charge in [0.1, 0.15) is 0 Å². The van der Waals surface area contributed by atoms with E-state index in [1.165, 1.54) is 15.9 Å². The van der Waals surface area contributed by atoms with E-state index in [4.69, 9.17) is 4.43 Å². The summed E-state index contributed by atoms with van der Waals surface area (Å²) in [5, 5.41) is 15.9. The van der Waals surface area contributed by atoms with Crippen LogP contribution in [-0.2, 0) is 11.0 Å². The van der Waals surface area contributed by atoms with Gasteiger partial charge < -0.3 is 14.8 Å². The number of nitrogens with one attached hydrogen (secondary N) is 1. The minimum atomic E-state index is -2.59. The lowest BCUT2D eigenvalue weighted by Crippen LogP contribution is -2.67. The van der Waals surface area contributed by atoms with Crippen molar-refractivity contribution >= 4 is 18.7 Å². The summed E-state index contributed by atoms with van der Waals surface area (Å²) in [6.07, 6.45) is 0. The fourth-order valence-corrected chi connectivity index (χ4v) is 8.63. The fraction of sp³-hybridized carbons (Fsp3) is 0.308. The largest absolute Gasteiger partial charge is 0.406 e. The molecule has 1 atom stereocenters. The van der Waals surface area contributed by atoms with Crippen molar-refractivity contribution in [1.29, 1.82) is 0 Å². The zero-order valence-electron chi connectivity index (χ0n) is 18.2. The van der Waals surface area contributed by atoms with Gasteiger partial charge in [-0.1, -0.05) is 112 Å². The zero-order valence-corrected chi connectivity index (χ0v) is 19.2. The molecule has 0 saturated carbocycles. The molecule has 0 aromatic heterocycles. The molecule has 3 nitrogen and oxygen atoms in total. The number of aliphatic hydroxyl groups is 1. The fourth-order valence-electron chi connectivity index (χ4n) is 4.02. The summed E-state index contributed by atoms with van der Waals surface area (Å²) in [6, 6.07) is 31.3. The van der Waals surface area contributed by atoms with E-state index >= 15 is 0 Å². The molecule has 2 N–H and O–H groups in total. The Hall–Kier alpha value is -2.24. The lowest BCUT2D eigenvalue weighted by Gasteiger charge is -2.43. The molecule has 3 aromatic rings. The Kier molecular flexibility index (Phi) is 7.62. The molecule has 0 amide bonds. The third-order valence-corrected chi connectivity index (χ3v) is 10.6. The first-order valence-corrected chi connectivity index (χ1v) is 12.5. The maximum absolute atomic E-state index is 10.0. The van der Waals surface area contributed by atoms with Crippen molar-refractivity contribution in [2.24, 2.45) is 0 Å². The van der Waals surface area contributed by atoms with Gasteiger partial charge in [-0.3, -0.25) is 0 Å². The van der Waals surface area contributed by atoms with Crippen LogP contribution in [0.25, 0.3) is 0 Å². The highest BCUT2D eigenvalue weighted by atomic mass is 28.4. The molecule has 158 valence electrons. The van der Waals surface area contributed by atoms with Crippen molar-refractivity contribution in [2.45, 2.75) is 38.4 Å². The molecule has 0 aliphatic heterocycles. The van der Waals surface area contributed by atoms with Crippen LogP contribution in [0, 0.1) is 0 Å². The van der Waals surface area contributed by atoms with Gasteiger partial charge in [-0.15, -0.1) is 0 Å². The summed E-state index contributed by atoms with van der Waals surface area (Å²) in [5.41, 5.74) is 1.20. The summed E-state index contributed by atoms with van der Waals surface area (Å²) < 4.78 is 6.92. The number of benzene rings is 3. The van der Waals surface area contributed by atoms with Crippen LogP contribution in [0.4, 0.5) is 0 Å². The maximum Gasteiger partial charge on any atom is 0.261 e. The smallest absolute Gasteiger partial charge is 0.261 e. The zero-order chi connectivity index (χ0) is 21.5. The van der Waals surface area contributed by atoms with Crippen LogP contribution in [0.15, 0.2) is 91.0 Å². The van der Waals surface area contributed by atoms with Crippen molar-refractivity contribution in [2.75, 3.05) is 13.2 Å². The van der Waals surface area contributed by atoms with Gasteiger partial charge in [0.2, 0.25) is 0 Å². The minimum absolute atomic E-state index is 0.0328. The van der Waals surface area contributed by atoms with Crippen LogP contribution in [0.5, 0.6) is 0 Å². The highest BCUT2D eigenvalue weighted by Crippen LogP contribution is 2.36. The summed E-state index contributed by atoms with van der Waals surface area (Å²) >= 11 is 0. The first-order chi connectivity index (χ1) is 14.5. The van der Waals surface area contributed by atoms with E-state index in [2.05, 4.69) is 86.8 Å². The molecule has 0 saturated heterocycles. The lowest BCUT2D eigenvalue weighted by atomic mass is 10.2. The molecule has 30 heavy (non-hydrogen) atoms. The Morgan fingerprint density at radius 1 is 0.800 bits per heavy atom. The molecular formula is C26H33NO2Si. The summed E-state index contributed by atoms with van der Waals surface area (Å²) in [5.74, 6) is 0. The van der Waals surface area contributed by atoms with Crippen LogP contribution >= 0.6 is 0 Å². The predicted molar refractivity (Wildman–Crippen MR) is 128 cm³/mol. The van der Waals surface area contributed by atoms with Crippen LogP contribution in [-0.4, -0.2) is 32.7 Å². The van der Waals surface area contributed by atoms with Gasteiger partial charge >= 0.3 is 0 Å². The Balaban J connectivity index is 1.88. The van der Waals surface area contributed by atoms with E-state index < -0.39 is 8.32 Å². The third kappa shape index (κ3) is 5.08. The Morgan fingerprint density at radius 3 is 1.70 bits per heavy atom. The summed E-state index contributed by atoms with van der Waals surface area (Å²) in [7, 11) is -2.59. The van der Waals surface area contributed by atoms with Gasteiger partial charge in [0.05, 0.1) is 19.3 Å². The second kappa shape index (κ2) is 10.2. The predicted octanol–water partition coefficient (Wildman–Crippen LogP) is 3.71. The van der Waals surface area contributed by atoms with E-state index in [1.807, 2.05) is 30.3 Å². The number of aliphatic hydroxyl groups excluding tert-OH is 1. The average molecular weight is 420 g/mol. The van der Waals surface area contributed by atoms with Crippen molar-refractivity contribution in [1.82, 2.24) is 5.32 Å². The number of hydrogen-bond acceptors (Lipinski definition) is 3. The van der Waals surface area contributed by atoms with Crippen LogP contribution in [0.3, 0.4) is 0 Å². The number of rotatable bonds is 9. The normalized spacial score (nSPS) is 13.2. The van der Waals surface area contributed by atoms with Crippen molar-refractivity contribution in [3.05, 3.63) is 96.6 Å². The Bertz CT molecular complexity index is 840. The molecule has 0 unspecified atom stereocenters. The Morgan fingerprint density at radius 2 is 1.27 bits per heavy atom. The maximum atomic E-state index is 10.0. The second-order valence-corrected chi connectivity index (χ2v) is 13.0. The molecule has 0 aliphatic rings. The highest BCUT2D eigenvalue weighted by molar-refractivity contribution is 6.99. The summed E-state index contributed by atoms with van der Waals surface area (Å²) in [6.45, 7) is 8.00. The van der Waals surface area contributed by atoms with Crippen LogP contribution < -0.4 is 15.7 Å². The SMILES string of the molecule is CC(C)(C)[Si](OC[C@H](CO)NCc1ccccc1)(c1ccccc1)c1ccccc1. The van der Waals surface area contributed by atoms with E-state index in [-0.39, 0.29) is 17.7 Å². The molecule has 0 bridgehead atoms. The van der Waals surface area contributed by atoms with Gasteiger partial charge in [-0.05, 0) is 21.0 Å². The molecule has 4 heteroatoms. The quantitative estimate of drug-likeness (QED) is 0.520.